The first-order chi connectivity index (χ1) is 9.60. The summed E-state index contributed by atoms with van der Waals surface area (Å²) in [6.07, 6.45) is 0. The van der Waals surface area contributed by atoms with E-state index in [1.54, 1.807) is 19.1 Å². The Morgan fingerprint density at radius 1 is 1.30 bits per heavy atom. The Morgan fingerprint density at radius 2 is 2.00 bits per heavy atom. The first-order valence-corrected chi connectivity index (χ1v) is 7.63. The van der Waals surface area contributed by atoms with Crippen LogP contribution >= 0.6 is 31.9 Å². The van der Waals surface area contributed by atoms with Crippen LogP contribution in [0.5, 0.6) is 0 Å². The third-order valence-corrected chi connectivity index (χ3v) is 4.27. The van der Waals surface area contributed by atoms with E-state index in [-0.39, 0.29) is 5.97 Å². The zero-order chi connectivity index (χ0) is 14.5. The van der Waals surface area contributed by atoms with Gasteiger partial charge in [-0.25, -0.2) is 4.79 Å². The number of carbonyl (C=O) groups is 1. The summed E-state index contributed by atoms with van der Waals surface area (Å²) >= 11 is 6.65. The van der Waals surface area contributed by atoms with E-state index in [4.69, 9.17) is 9.15 Å². The average molecular weight is 403 g/mol. The van der Waals surface area contributed by atoms with Crippen LogP contribution < -0.4 is 5.32 Å². The Labute approximate surface area is 133 Å². The van der Waals surface area contributed by atoms with Crippen molar-refractivity contribution in [3.63, 3.8) is 0 Å². The van der Waals surface area contributed by atoms with Crippen LogP contribution in [0, 0.1) is 0 Å². The second-order valence-corrected chi connectivity index (χ2v) is 5.56. The monoisotopic (exact) mass is 401 g/mol. The van der Waals surface area contributed by atoms with Gasteiger partial charge in [0.1, 0.15) is 5.76 Å². The standard InChI is InChI=1S/C14H13Br2NO3/c1-2-19-14(18)9-3-5-10(6-4-9)17-8-11-7-12(15)13(16)20-11/h3-7,17H,2,8H2,1H3. The molecular weight excluding hydrogens is 390 g/mol. The van der Waals surface area contributed by atoms with E-state index in [0.717, 1.165) is 15.9 Å². The molecule has 0 bridgehead atoms. The first-order valence-electron chi connectivity index (χ1n) is 6.05. The minimum Gasteiger partial charge on any atom is -0.462 e. The summed E-state index contributed by atoms with van der Waals surface area (Å²) in [5.74, 6) is 0.496. The number of ether oxygens (including phenoxy) is 1. The molecule has 0 aliphatic carbocycles. The first kappa shape index (κ1) is 15.1. The Balaban J connectivity index is 1.95. The maximum atomic E-state index is 11.5. The Bertz CT molecular complexity index is 573. The molecule has 106 valence electrons. The summed E-state index contributed by atoms with van der Waals surface area (Å²) < 4.78 is 11.9. The van der Waals surface area contributed by atoms with Crippen LogP contribution in [0.3, 0.4) is 0 Å². The minimum absolute atomic E-state index is 0.307. The lowest BCUT2D eigenvalue weighted by molar-refractivity contribution is 0.0526. The molecular formula is C14H13Br2NO3. The number of hydrogen-bond acceptors (Lipinski definition) is 4. The topological polar surface area (TPSA) is 51.5 Å². The van der Waals surface area contributed by atoms with Gasteiger partial charge in [0.05, 0.1) is 23.2 Å². The van der Waals surface area contributed by atoms with E-state index >= 15 is 0 Å². The molecule has 0 saturated carbocycles. The van der Waals surface area contributed by atoms with E-state index in [0.29, 0.717) is 23.4 Å². The van der Waals surface area contributed by atoms with Crippen molar-refractivity contribution in [2.24, 2.45) is 0 Å². The summed E-state index contributed by atoms with van der Waals surface area (Å²) in [7, 11) is 0. The molecule has 0 amide bonds. The molecule has 0 atom stereocenters. The van der Waals surface area contributed by atoms with Crippen LogP contribution in [-0.4, -0.2) is 12.6 Å². The molecule has 0 unspecified atom stereocenters. The normalized spacial score (nSPS) is 10.3. The van der Waals surface area contributed by atoms with Crippen molar-refractivity contribution < 1.29 is 13.9 Å². The highest BCUT2D eigenvalue weighted by atomic mass is 79.9. The number of benzene rings is 1. The van der Waals surface area contributed by atoms with Crippen LogP contribution in [0.15, 0.2) is 43.9 Å². The van der Waals surface area contributed by atoms with Gasteiger partial charge < -0.3 is 14.5 Å². The van der Waals surface area contributed by atoms with Crippen LogP contribution in [0.1, 0.15) is 23.0 Å². The molecule has 1 aromatic carbocycles. The third-order valence-electron chi connectivity index (χ3n) is 2.56. The van der Waals surface area contributed by atoms with Crippen LogP contribution in [0.2, 0.25) is 0 Å². The number of halogens is 2. The fourth-order valence-electron chi connectivity index (χ4n) is 1.61. The summed E-state index contributed by atoms with van der Waals surface area (Å²) in [6, 6.07) is 9.02. The zero-order valence-corrected chi connectivity index (χ0v) is 14.0. The summed E-state index contributed by atoms with van der Waals surface area (Å²) in [4.78, 5) is 11.5. The molecule has 1 aromatic heterocycles. The van der Waals surface area contributed by atoms with Gasteiger partial charge in [0.25, 0.3) is 0 Å². The average Bonchev–Trinajstić information content (AvgIpc) is 2.76. The number of furan rings is 1. The van der Waals surface area contributed by atoms with Gasteiger partial charge in [-0.2, -0.15) is 0 Å². The van der Waals surface area contributed by atoms with Crippen molar-refractivity contribution >= 4 is 43.5 Å². The molecule has 20 heavy (non-hydrogen) atoms. The lowest BCUT2D eigenvalue weighted by atomic mass is 10.2. The van der Waals surface area contributed by atoms with Gasteiger partial charge in [-0.05, 0) is 69.1 Å². The van der Waals surface area contributed by atoms with Gasteiger partial charge in [0, 0.05) is 5.69 Å². The van der Waals surface area contributed by atoms with E-state index in [9.17, 15) is 4.79 Å². The predicted octanol–water partition coefficient (Wildman–Crippen LogP) is 4.59. The van der Waals surface area contributed by atoms with Crippen molar-refractivity contribution in [1.29, 1.82) is 0 Å². The van der Waals surface area contributed by atoms with Gasteiger partial charge in [-0.15, -0.1) is 0 Å². The molecule has 1 N–H and O–H groups in total. The van der Waals surface area contributed by atoms with Crippen LogP contribution in [0.25, 0.3) is 0 Å². The highest BCUT2D eigenvalue weighted by Gasteiger charge is 2.07. The molecule has 0 spiro atoms. The van der Waals surface area contributed by atoms with Gasteiger partial charge >= 0.3 is 5.97 Å². The summed E-state index contributed by atoms with van der Waals surface area (Å²) in [6.45, 7) is 2.72. The SMILES string of the molecule is CCOC(=O)c1ccc(NCc2cc(Br)c(Br)o2)cc1. The summed E-state index contributed by atoms with van der Waals surface area (Å²) in [5.41, 5.74) is 1.45. The number of rotatable bonds is 5. The molecule has 0 aliphatic rings. The largest absolute Gasteiger partial charge is 0.462 e. The third kappa shape index (κ3) is 3.86. The zero-order valence-electron chi connectivity index (χ0n) is 10.8. The Morgan fingerprint density at radius 3 is 2.55 bits per heavy atom. The van der Waals surface area contributed by atoms with E-state index in [1.807, 2.05) is 18.2 Å². The van der Waals surface area contributed by atoms with Crippen molar-refractivity contribution in [3.8, 4) is 0 Å². The molecule has 1 heterocycles. The van der Waals surface area contributed by atoms with E-state index in [1.165, 1.54) is 0 Å². The number of hydrogen-bond donors (Lipinski definition) is 1. The van der Waals surface area contributed by atoms with Gasteiger partial charge in [-0.3, -0.25) is 0 Å². The maximum Gasteiger partial charge on any atom is 0.338 e. The van der Waals surface area contributed by atoms with Crippen molar-refractivity contribution in [3.05, 3.63) is 50.8 Å². The molecule has 0 radical (unpaired) electrons. The lowest BCUT2D eigenvalue weighted by Crippen LogP contribution is -2.05. The second kappa shape index (κ2) is 6.95. The quantitative estimate of drug-likeness (QED) is 0.743. The van der Waals surface area contributed by atoms with Gasteiger partial charge in [0.2, 0.25) is 0 Å². The maximum absolute atomic E-state index is 11.5. The highest BCUT2D eigenvalue weighted by molar-refractivity contribution is 9.13. The van der Waals surface area contributed by atoms with E-state index < -0.39 is 0 Å². The number of anilines is 1. The number of esters is 1. The van der Waals surface area contributed by atoms with E-state index in [2.05, 4.69) is 37.2 Å². The van der Waals surface area contributed by atoms with Gasteiger partial charge in [0.15, 0.2) is 4.67 Å². The van der Waals surface area contributed by atoms with Crippen molar-refractivity contribution in [1.82, 2.24) is 0 Å². The van der Waals surface area contributed by atoms with Crippen LogP contribution in [-0.2, 0) is 11.3 Å². The molecule has 4 nitrogen and oxygen atoms in total. The predicted molar refractivity (Wildman–Crippen MR) is 83.8 cm³/mol. The molecule has 6 heteroatoms. The molecule has 0 fully saturated rings. The smallest absolute Gasteiger partial charge is 0.338 e. The summed E-state index contributed by atoms with van der Waals surface area (Å²) in [5, 5.41) is 3.21. The second-order valence-electron chi connectivity index (χ2n) is 3.99. The van der Waals surface area contributed by atoms with Gasteiger partial charge in [-0.1, -0.05) is 0 Å². The highest BCUT2D eigenvalue weighted by Crippen LogP contribution is 2.27. The fraction of sp³-hybridized carbons (Fsp3) is 0.214. The number of carbonyl (C=O) groups excluding carboxylic acids is 1. The van der Waals surface area contributed by atoms with Crippen molar-refractivity contribution in [2.75, 3.05) is 11.9 Å². The van der Waals surface area contributed by atoms with Crippen molar-refractivity contribution in [2.45, 2.75) is 13.5 Å². The molecule has 0 aliphatic heterocycles. The molecule has 2 aromatic rings. The Kier molecular flexibility index (Phi) is 5.25. The fourth-order valence-corrected chi connectivity index (χ4v) is 2.26. The number of nitrogens with one attached hydrogen (secondary N) is 1. The lowest BCUT2D eigenvalue weighted by Gasteiger charge is -2.06. The Hall–Kier alpha value is -1.27. The minimum atomic E-state index is -0.307. The molecule has 2 rings (SSSR count). The van der Waals surface area contributed by atoms with Crippen LogP contribution in [0.4, 0.5) is 5.69 Å². The molecule has 0 saturated heterocycles.